The summed E-state index contributed by atoms with van der Waals surface area (Å²) < 4.78 is 68.8. The number of carbonyl (C=O) groups excluding carboxylic acids is 4. The van der Waals surface area contributed by atoms with E-state index in [0.717, 1.165) is 133 Å². The minimum absolute atomic E-state index is 0.101. The molecule has 0 fully saturated rings. The Morgan fingerprint density at radius 3 is 0.848 bits per heavy atom. The van der Waals surface area contributed by atoms with Gasteiger partial charge in [0.25, 0.3) is 0 Å². The molecule has 105 heavy (non-hydrogen) atoms. The molecule has 0 amide bonds. The number of allylic oxidation sites excluding steroid dienone is 4. The number of esters is 4. The Morgan fingerprint density at radius 2 is 0.562 bits per heavy atom. The average molecular weight is 1530 g/mol. The second-order valence-corrected chi connectivity index (χ2v) is 34.1. The Balaban J connectivity index is 5.25. The third kappa shape index (κ3) is 76.7. The predicted molar refractivity (Wildman–Crippen MR) is 432 cm³/mol. The van der Waals surface area contributed by atoms with Crippen molar-refractivity contribution in [1.82, 2.24) is 0 Å². The molecule has 0 aromatic heterocycles. The maximum Gasteiger partial charge on any atom is 0.472 e. The van der Waals surface area contributed by atoms with Crippen LogP contribution in [0.25, 0.3) is 0 Å². The maximum absolute atomic E-state index is 13.1. The summed E-state index contributed by atoms with van der Waals surface area (Å²) >= 11 is 0. The Morgan fingerprint density at radius 1 is 0.314 bits per heavy atom. The Kier molecular flexibility index (Phi) is 73.8. The van der Waals surface area contributed by atoms with Gasteiger partial charge in [-0.2, -0.15) is 0 Å². The van der Waals surface area contributed by atoms with Gasteiger partial charge in [0.05, 0.1) is 26.4 Å². The quantitative estimate of drug-likeness (QED) is 0.0169. The van der Waals surface area contributed by atoms with Crippen molar-refractivity contribution >= 4 is 39.5 Å². The van der Waals surface area contributed by atoms with Crippen molar-refractivity contribution in [2.75, 3.05) is 39.6 Å². The molecule has 0 aromatic carbocycles. The van der Waals surface area contributed by atoms with Crippen LogP contribution in [0.15, 0.2) is 24.3 Å². The number of phosphoric ester groups is 2. The topological polar surface area (TPSA) is 237 Å². The minimum atomic E-state index is -4.97. The molecule has 0 rings (SSSR count). The molecule has 3 N–H and O–H groups in total. The van der Waals surface area contributed by atoms with Crippen LogP contribution >= 0.6 is 15.6 Å². The van der Waals surface area contributed by atoms with Crippen molar-refractivity contribution in [2.45, 2.75) is 446 Å². The Hall–Kier alpha value is -2.46. The summed E-state index contributed by atoms with van der Waals surface area (Å²) in [5.41, 5.74) is 0. The highest BCUT2D eigenvalue weighted by atomic mass is 31.2. The lowest BCUT2D eigenvalue weighted by molar-refractivity contribution is -0.161. The van der Waals surface area contributed by atoms with Gasteiger partial charge in [0, 0.05) is 25.7 Å². The first-order valence-corrected chi connectivity index (χ1v) is 46.7. The van der Waals surface area contributed by atoms with E-state index in [-0.39, 0.29) is 25.7 Å². The third-order valence-electron chi connectivity index (χ3n) is 20.2. The fraction of sp³-hybridized carbons (Fsp3) is 0.907. The molecule has 0 spiro atoms. The molecule has 0 bridgehead atoms. The molecule has 19 heteroatoms. The second-order valence-electron chi connectivity index (χ2n) is 31.2. The SMILES string of the molecule is CCCCCC/C=C\C=C/CCCCCCCC(=O)OC[C@H](COP(=O)(O)OC[C@@H](O)COP(=O)(O)OC[C@@H](COC(=O)CCCCCCCCC(C)CC)OC(=O)CCCCCCCCCCCCCCCCCC(C)C)OC(=O)CCCCCCCCCCCCCCCCCCCCC(C)CC. The number of rotatable bonds is 82. The molecule has 0 saturated carbocycles. The van der Waals surface area contributed by atoms with Gasteiger partial charge in [0.2, 0.25) is 0 Å². The van der Waals surface area contributed by atoms with E-state index in [2.05, 4.69) is 72.8 Å². The van der Waals surface area contributed by atoms with Crippen LogP contribution in [0.3, 0.4) is 0 Å². The van der Waals surface area contributed by atoms with Crippen molar-refractivity contribution in [1.29, 1.82) is 0 Å². The fourth-order valence-electron chi connectivity index (χ4n) is 12.8. The van der Waals surface area contributed by atoms with Crippen LogP contribution < -0.4 is 0 Å². The average Bonchev–Trinajstić information content (AvgIpc) is 0.948. The Labute approximate surface area is 643 Å². The number of ether oxygens (including phenoxy) is 4. The van der Waals surface area contributed by atoms with Crippen molar-refractivity contribution in [2.24, 2.45) is 17.8 Å². The standard InChI is InChI=1S/C86H164O17P2/c1-8-11-12-13-14-15-16-17-23-30-35-40-45-53-60-67-83(88)96-73-81(102-85(90)69-62-55-46-41-36-31-26-21-19-18-20-25-29-34-39-44-51-58-65-78(6)9-2)75-100-104(92,93)98-71-80(87)72-99-105(94,95)101-76-82(74-97-84(89)68-61-54-49-48-52-59-66-79(7)10-3)103-86(91)70-63-56-47-42-37-32-27-22-24-28-33-38-43-50-57-64-77(4)5/h15-17,23,77-82,87H,8-14,18-22,24-76H2,1-7H3,(H,92,93)(H,94,95)/b16-15-,23-17-/t78?,79?,80-,81-,82-/m1/s1. The zero-order chi connectivity index (χ0) is 77.2. The summed E-state index contributed by atoms with van der Waals surface area (Å²) in [4.78, 5) is 73.2. The molecule has 0 aromatic rings. The van der Waals surface area contributed by atoms with Gasteiger partial charge < -0.3 is 33.8 Å². The second kappa shape index (κ2) is 75.6. The summed E-state index contributed by atoms with van der Waals surface area (Å²) in [6, 6.07) is 0. The summed E-state index contributed by atoms with van der Waals surface area (Å²) in [6.07, 6.45) is 68.9. The van der Waals surface area contributed by atoms with E-state index in [4.69, 9.17) is 37.0 Å². The van der Waals surface area contributed by atoms with Crippen LogP contribution in [-0.4, -0.2) is 96.7 Å². The van der Waals surface area contributed by atoms with Crippen LogP contribution in [0.2, 0.25) is 0 Å². The molecule has 0 aliphatic heterocycles. The van der Waals surface area contributed by atoms with E-state index in [0.29, 0.717) is 25.7 Å². The molecule has 4 unspecified atom stereocenters. The van der Waals surface area contributed by atoms with E-state index in [1.54, 1.807) is 0 Å². The smallest absolute Gasteiger partial charge is 0.462 e. The van der Waals surface area contributed by atoms with Crippen molar-refractivity contribution in [3.05, 3.63) is 24.3 Å². The summed E-state index contributed by atoms with van der Waals surface area (Å²) in [7, 11) is -9.94. The summed E-state index contributed by atoms with van der Waals surface area (Å²) in [5, 5.41) is 10.7. The van der Waals surface area contributed by atoms with Crippen LogP contribution in [0.1, 0.15) is 427 Å². The number of hydrogen-bond acceptors (Lipinski definition) is 15. The van der Waals surface area contributed by atoms with Gasteiger partial charge >= 0.3 is 39.5 Å². The lowest BCUT2D eigenvalue weighted by Crippen LogP contribution is -2.30. The molecule has 17 nitrogen and oxygen atoms in total. The van der Waals surface area contributed by atoms with Crippen molar-refractivity contribution in [3.8, 4) is 0 Å². The van der Waals surface area contributed by atoms with Crippen molar-refractivity contribution < 1.29 is 80.2 Å². The largest absolute Gasteiger partial charge is 0.472 e. The van der Waals surface area contributed by atoms with Gasteiger partial charge in [0.15, 0.2) is 12.2 Å². The number of aliphatic hydroxyl groups excluding tert-OH is 1. The van der Waals surface area contributed by atoms with E-state index >= 15 is 0 Å². The first-order valence-electron chi connectivity index (χ1n) is 43.7. The first kappa shape index (κ1) is 103. The molecule has 0 aliphatic carbocycles. The highest BCUT2D eigenvalue weighted by Gasteiger charge is 2.30. The predicted octanol–water partition coefficient (Wildman–Crippen LogP) is 25.6. The van der Waals surface area contributed by atoms with Crippen LogP contribution in [0, 0.1) is 17.8 Å². The molecule has 0 saturated heterocycles. The van der Waals surface area contributed by atoms with Crippen LogP contribution in [0.5, 0.6) is 0 Å². The maximum atomic E-state index is 13.1. The van der Waals surface area contributed by atoms with Gasteiger partial charge in [-0.1, -0.05) is 375 Å². The number of phosphoric acid groups is 2. The number of carbonyl (C=O) groups is 4. The molecule has 7 atom stereocenters. The normalized spacial score (nSPS) is 14.5. The monoisotopic (exact) mass is 1530 g/mol. The van der Waals surface area contributed by atoms with Crippen LogP contribution in [0.4, 0.5) is 0 Å². The molecule has 620 valence electrons. The van der Waals surface area contributed by atoms with E-state index < -0.39 is 97.5 Å². The van der Waals surface area contributed by atoms with Gasteiger partial charge in [-0.3, -0.25) is 37.3 Å². The minimum Gasteiger partial charge on any atom is -0.462 e. The fourth-order valence-corrected chi connectivity index (χ4v) is 14.3. The molecule has 0 heterocycles. The van der Waals surface area contributed by atoms with E-state index in [9.17, 15) is 43.2 Å². The zero-order valence-corrected chi connectivity index (χ0v) is 70.5. The van der Waals surface area contributed by atoms with E-state index in [1.165, 1.54) is 212 Å². The number of hydrogen-bond donors (Lipinski definition) is 3. The van der Waals surface area contributed by atoms with Crippen LogP contribution in [-0.2, 0) is 65.4 Å². The molecular formula is C86H164O17P2. The number of unbranched alkanes of at least 4 members (excludes halogenated alkanes) is 45. The zero-order valence-electron chi connectivity index (χ0n) is 68.7. The van der Waals surface area contributed by atoms with Crippen molar-refractivity contribution in [3.63, 3.8) is 0 Å². The molecular weight excluding hydrogens is 1370 g/mol. The third-order valence-corrected chi connectivity index (χ3v) is 22.1. The first-order chi connectivity index (χ1) is 50.8. The lowest BCUT2D eigenvalue weighted by atomic mass is 9.99. The van der Waals surface area contributed by atoms with Gasteiger partial charge in [-0.15, -0.1) is 0 Å². The highest BCUT2D eigenvalue weighted by molar-refractivity contribution is 7.47. The Bertz CT molecular complexity index is 2130. The van der Waals surface area contributed by atoms with Gasteiger partial charge in [-0.05, 0) is 69.1 Å². The van der Waals surface area contributed by atoms with Gasteiger partial charge in [-0.25, -0.2) is 9.13 Å². The summed E-state index contributed by atoms with van der Waals surface area (Å²) in [6.45, 7) is 12.0. The molecule has 0 radical (unpaired) electrons. The molecule has 0 aliphatic rings. The van der Waals surface area contributed by atoms with Gasteiger partial charge in [0.1, 0.15) is 19.3 Å². The summed E-state index contributed by atoms with van der Waals surface area (Å²) in [5.74, 6) is 0.263. The lowest BCUT2D eigenvalue weighted by Gasteiger charge is -2.21. The van der Waals surface area contributed by atoms with E-state index in [1.807, 2.05) is 0 Å². The number of aliphatic hydroxyl groups is 1. The highest BCUT2D eigenvalue weighted by Crippen LogP contribution is 2.45.